The van der Waals surface area contributed by atoms with Crippen LogP contribution in [0.3, 0.4) is 0 Å². The van der Waals surface area contributed by atoms with Crippen LogP contribution in [0.5, 0.6) is 11.5 Å². The summed E-state index contributed by atoms with van der Waals surface area (Å²) < 4.78 is 11.2. The third-order valence-corrected chi connectivity index (χ3v) is 5.43. The number of hydrogen-bond donors (Lipinski definition) is 1. The van der Waals surface area contributed by atoms with Crippen LogP contribution in [0.1, 0.15) is 51.5 Å². The normalized spacial score (nSPS) is 17.1. The summed E-state index contributed by atoms with van der Waals surface area (Å²) in [6.07, 6.45) is 4.18. The van der Waals surface area contributed by atoms with Crippen molar-refractivity contribution in [2.45, 2.75) is 61.5 Å². The van der Waals surface area contributed by atoms with Gasteiger partial charge < -0.3 is 14.6 Å². The highest BCUT2D eigenvalue weighted by Gasteiger charge is 2.45. The molecule has 1 aliphatic carbocycles. The van der Waals surface area contributed by atoms with Crippen molar-refractivity contribution in [2.24, 2.45) is 0 Å². The van der Waals surface area contributed by atoms with E-state index in [1.807, 2.05) is 12.1 Å². The molecule has 0 saturated heterocycles. The minimum atomic E-state index is -0.907. The lowest BCUT2D eigenvalue weighted by Gasteiger charge is -2.35. The lowest BCUT2D eigenvalue weighted by Crippen LogP contribution is -2.38. The van der Waals surface area contributed by atoms with Gasteiger partial charge in [-0.25, -0.2) is 0 Å². The molecule has 0 atom stereocenters. The van der Waals surface area contributed by atoms with E-state index >= 15 is 0 Å². The first-order valence-corrected chi connectivity index (χ1v) is 8.99. The van der Waals surface area contributed by atoms with Gasteiger partial charge in [-0.15, -0.1) is 11.8 Å². The molecule has 0 amide bonds. The topological polar surface area (TPSA) is 55.8 Å². The zero-order valence-electron chi connectivity index (χ0n) is 14.3. The zero-order valence-corrected chi connectivity index (χ0v) is 15.2. The first-order valence-electron chi connectivity index (χ1n) is 8.11. The molecule has 128 valence electrons. The number of hydrogen-bond acceptors (Lipinski definition) is 4. The number of rotatable bonds is 6. The zero-order chi connectivity index (χ0) is 17.0. The van der Waals surface area contributed by atoms with Crippen LogP contribution in [0.15, 0.2) is 17.0 Å². The molecule has 1 aromatic rings. The summed E-state index contributed by atoms with van der Waals surface area (Å²) in [5.74, 6) is 0.465. The molecule has 1 N–H and O–H groups in total. The summed E-state index contributed by atoms with van der Waals surface area (Å²) in [6.45, 7) is 4.24. The smallest absolute Gasteiger partial charge is 0.314 e. The fourth-order valence-electron chi connectivity index (χ4n) is 3.43. The van der Waals surface area contributed by atoms with Gasteiger partial charge in [0.15, 0.2) is 0 Å². The Bertz CT molecular complexity index is 537. The largest absolute Gasteiger partial charge is 0.496 e. The number of ether oxygens (including phenoxy) is 2. The number of thioether (sulfide) groups is 1. The molecule has 1 aromatic carbocycles. The van der Waals surface area contributed by atoms with E-state index in [4.69, 9.17) is 9.47 Å². The van der Waals surface area contributed by atoms with Crippen molar-refractivity contribution in [1.82, 2.24) is 0 Å². The average molecular weight is 338 g/mol. The van der Waals surface area contributed by atoms with E-state index in [1.54, 1.807) is 26.0 Å². The maximum atomic E-state index is 12.2. The van der Waals surface area contributed by atoms with Gasteiger partial charge in [0, 0.05) is 10.1 Å². The summed E-state index contributed by atoms with van der Waals surface area (Å²) >= 11 is 1.71. The van der Waals surface area contributed by atoms with Gasteiger partial charge in [0.1, 0.15) is 11.5 Å². The predicted octanol–water partition coefficient (Wildman–Crippen LogP) is 4.49. The highest BCUT2D eigenvalue weighted by molar-refractivity contribution is 7.99. The Balaban J connectivity index is 2.61. The van der Waals surface area contributed by atoms with Gasteiger partial charge in [-0.05, 0) is 25.0 Å². The number of benzene rings is 1. The number of carboxylic acid groups (broad SMARTS) is 1. The van der Waals surface area contributed by atoms with Crippen LogP contribution in [0, 0.1) is 0 Å². The molecule has 1 aliphatic rings. The van der Waals surface area contributed by atoms with Crippen molar-refractivity contribution in [3.8, 4) is 11.5 Å². The van der Waals surface area contributed by atoms with E-state index < -0.39 is 11.4 Å². The van der Waals surface area contributed by atoms with Crippen molar-refractivity contribution in [1.29, 1.82) is 0 Å². The molecular weight excluding hydrogens is 312 g/mol. The fourth-order valence-corrected chi connectivity index (χ4v) is 4.32. The lowest BCUT2D eigenvalue weighted by molar-refractivity contribution is -0.145. The molecular formula is C18H26O4S. The molecule has 2 rings (SSSR count). The molecule has 23 heavy (non-hydrogen) atoms. The number of methoxy groups -OCH3 is 2. The van der Waals surface area contributed by atoms with E-state index in [2.05, 4.69) is 13.8 Å². The summed E-state index contributed by atoms with van der Waals surface area (Å²) in [7, 11) is 3.20. The van der Waals surface area contributed by atoms with E-state index in [0.29, 0.717) is 35.2 Å². The molecule has 0 spiro atoms. The fraction of sp³-hybridized carbons (Fsp3) is 0.611. The standard InChI is InChI=1S/C18H26O4S/c1-12(2)23-13-10-14(21-3)16(15(11-13)22-4)18(17(19)20)8-6-5-7-9-18/h10-12H,5-9H2,1-4H3,(H,19,20). The Morgan fingerprint density at radius 1 is 1.13 bits per heavy atom. The Kier molecular flexibility index (Phi) is 5.84. The maximum absolute atomic E-state index is 12.2. The molecule has 1 saturated carbocycles. The van der Waals surface area contributed by atoms with Gasteiger partial charge in [-0.3, -0.25) is 4.79 Å². The SMILES string of the molecule is COc1cc(SC(C)C)cc(OC)c1C1(C(=O)O)CCCCC1. The minimum Gasteiger partial charge on any atom is -0.496 e. The highest BCUT2D eigenvalue weighted by atomic mass is 32.2. The molecule has 0 heterocycles. The van der Waals surface area contributed by atoms with Crippen LogP contribution in [0.25, 0.3) is 0 Å². The first kappa shape index (κ1) is 18.0. The van der Waals surface area contributed by atoms with Gasteiger partial charge in [0.05, 0.1) is 25.2 Å². The Morgan fingerprint density at radius 2 is 1.65 bits per heavy atom. The monoisotopic (exact) mass is 338 g/mol. The number of carboxylic acids is 1. The second kappa shape index (κ2) is 7.47. The third-order valence-electron chi connectivity index (χ3n) is 4.45. The lowest BCUT2D eigenvalue weighted by atomic mass is 9.68. The van der Waals surface area contributed by atoms with Gasteiger partial charge in [-0.2, -0.15) is 0 Å². The molecule has 0 unspecified atom stereocenters. The van der Waals surface area contributed by atoms with Gasteiger partial charge in [0.25, 0.3) is 0 Å². The molecule has 4 nitrogen and oxygen atoms in total. The summed E-state index contributed by atoms with van der Waals surface area (Å²) in [6, 6.07) is 3.89. The Labute approximate surface area is 142 Å². The highest BCUT2D eigenvalue weighted by Crippen LogP contribution is 2.49. The predicted molar refractivity (Wildman–Crippen MR) is 92.9 cm³/mol. The number of aliphatic carboxylic acids is 1. The summed E-state index contributed by atoms with van der Waals surface area (Å²) in [5, 5.41) is 10.4. The van der Waals surface area contributed by atoms with Crippen molar-refractivity contribution < 1.29 is 19.4 Å². The van der Waals surface area contributed by atoms with Gasteiger partial charge in [-0.1, -0.05) is 33.1 Å². The molecule has 1 fully saturated rings. The second-order valence-electron chi connectivity index (χ2n) is 6.32. The van der Waals surface area contributed by atoms with Crippen molar-refractivity contribution in [3.63, 3.8) is 0 Å². The van der Waals surface area contributed by atoms with Crippen molar-refractivity contribution in [3.05, 3.63) is 17.7 Å². The summed E-state index contributed by atoms with van der Waals surface area (Å²) in [5.41, 5.74) is -0.210. The van der Waals surface area contributed by atoms with Gasteiger partial charge >= 0.3 is 5.97 Å². The van der Waals surface area contributed by atoms with E-state index in [9.17, 15) is 9.90 Å². The number of carbonyl (C=O) groups is 1. The molecule has 5 heteroatoms. The molecule has 0 radical (unpaired) electrons. The molecule has 0 aromatic heterocycles. The molecule has 0 aliphatic heterocycles. The van der Waals surface area contributed by atoms with Gasteiger partial charge in [0.2, 0.25) is 0 Å². The van der Waals surface area contributed by atoms with Crippen molar-refractivity contribution >= 4 is 17.7 Å². The Morgan fingerprint density at radius 3 is 2.04 bits per heavy atom. The van der Waals surface area contributed by atoms with E-state index in [-0.39, 0.29) is 0 Å². The van der Waals surface area contributed by atoms with Crippen LogP contribution in [0.4, 0.5) is 0 Å². The van der Waals surface area contributed by atoms with Crippen LogP contribution < -0.4 is 9.47 Å². The van der Waals surface area contributed by atoms with E-state index in [0.717, 1.165) is 24.2 Å². The van der Waals surface area contributed by atoms with E-state index in [1.165, 1.54) is 0 Å². The minimum absolute atomic E-state index is 0.429. The average Bonchev–Trinajstić information content (AvgIpc) is 2.53. The summed E-state index contributed by atoms with van der Waals surface area (Å²) in [4.78, 5) is 13.2. The second-order valence-corrected chi connectivity index (χ2v) is 7.97. The first-order chi connectivity index (χ1) is 10.9. The maximum Gasteiger partial charge on any atom is 0.314 e. The Hall–Kier alpha value is -1.36. The van der Waals surface area contributed by atoms with Crippen LogP contribution in [0.2, 0.25) is 0 Å². The van der Waals surface area contributed by atoms with Crippen LogP contribution in [-0.4, -0.2) is 30.5 Å². The van der Waals surface area contributed by atoms with Crippen LogP contribution in [-0.2, 0) is 10.2 Å². The quantitative estimate of drug-likeness (QED) is 0.775. The van der Waals surface area contributed by atoms with Crippen LogP contribution >= 0.6 is 11.8 Å². The van der Waals surface area contributed by atoms with Crippen molar-refractivity contribution in [2.75, 3.05) is 14.2 Å². The molecule has 0 bridgehead atoms. The third kappa shape index (κ3) is 3.60.